The fourth-order valence-corrected chi connectivity index (χ4v) is 3.89. The zero-order valence-electron chi connectivity index (χ0n) is 14.5. The van der Waals surface area contributed by atoms with Crippen LogP contribution in [0.1, 0.15) is 37.3 Å². The molecule has 1 atom stereocenters. The Morgan fingerprint density at radius 1 is 1.24 bits per heavy atom. The predicted octanol–water partition coefficient (Wildman–Crippen LogP) is 1.17. The van der Waals surface area contributed by atoms with Crippen molar-refractivity contribution in [3.63, 3.8) is 0 Å². The Hall–Kier alpha value is -1.93. The highest BCUT2D eigenvalue weighted by Crippen LogP contribution is 2.24. The summed E-state index contributed by atoms with van der Waals surface area (Å²) in [6.07, 6.45) is 3.95. The van der Waals surface area contributed by atoms with Gasteiger partial charge in [0.1, 0.15) is 6.04 Å². The Morgan fingerprint density at radius 3 is 2.52 bits per heavy atom. The average Bonchev–Trinajstić information content (AvgIpc) is 2.59. The van der Waals surface area contributed by atoms with E-state index < -0.39 is 27.9 Å². The molecule has 1 unspecified atom stereocenters. The maximum atomic E-state index is 12.4. The van der Waals surface area contributed by atoms with Gasteiger partial charge < -0.3 is 10.0 Å². The van der Waals surface area contributed by atoms with Gasteiger partial charge in [-0.1, -0.05) is 6.07 Å². The van der Waals surface area contributed by atoms with E-state index in [1.807, 2.05) is 6.07 Å². The van der Waals surface area contributed by atoms with Crippen molar-refractivity contribution in [3.8, 4) is 0 Å². The van der Waals surface area contributed by atoms with Crippen molar-refractivity contribution in [1.29, 1.82) is 0 Å². The number of fused-ring (bicyclic) bond motifs is 1. The van der Waals surface area contributed by atoms with Crippen LogP contribution in [0.5, 0.6) is 0 Å². The van der Waals surface area contributed by atoms with E-state index in [1.54, 1.807) is 12.1 Å². The Bertz CT molecular complexity index is 760. The second kappa shape index (κ2) is 7.97. The largest absolute Gasteiger partial charge is 0.480 e. The van der Waals surface area contributed by atoms with Gasteiger partial charge in [-0.15, -0.1) is 0 Å². The fourth-order valence-electron chi connectivity index (χ4n) is 2.81. The van der Waals surface area contributed by atoms with Gasteiger partial charge >= 0.3 is 5.97 Å². The minimum absolute atomic E-state index is 0.0745. The van der Waals surface area contributed by atoms with Gasteiger partial charge in [-0.25, -0.2) is 17.9 Å². The normalized spacial score (nSPS) is 15.3. The Kier molecular flexibility index (Phi) is 6.18. The monoisotopic (exact) mass is 368 g/mol. The van der Waals surface area contributed by atoms with Gasteiger partial charge in [0, 0.05) is 20.0 Å². The first-order valence-corrected chi connectivity index (χ1v) is 9.80. The van der Waals surface area contributed by atoms with Gasteiger partial charge in [-0.2, -0.15) is 0 Å². The molecule has 7 nitrogen and oxygen atoms in total. The molecule has 0 bridgehead atoms. The first kappa shape index (κ1) is 19.4. The van der Waals surface area contributed by atoms with E-state index in [1.165, 1.54) is 19.5 Å². The highest BCUT2D eigenvalue weighted by molar-refractivity contribution is 7.89. The summed E-state index contributed by atoms with van der Waals surface area (Å²) in [5.74, 6) is -1.53. The molecule has 1 aliphatic rings. The number of nitrogens with zero attached hydrogens (tertiary/aromatic N) is 1. The van der Waals surface area contributed by atoms with Crippen LogP contribution >= 0.6 is 0 Å². The van der Waals surface area contributed by atoms with Crippen molar-refractivity contribution >= 4 is 21.9 Å². The Morgan fingerprint density at radius 2 is 1.88 bits per heavy atom. The topological polar surface area (TPSA) is 104 Å². The first-order valence-electron chi connectivity index (χ1n) is 8.32. The number of aryl methyl sites for hydroxylation is 2. The number of carbonyl (C=O) groups is 2. The molecule has 1 aliphatic carbocycles. The third-order valence-corrected chi connectivity index (χ3v) is 6.05. The minimum Gasteiger partial charge on any atom is -0.480 e. The first-order chi connectivity index (χ1) is 11.7. The minimum atomic E-state index is -3.69. The van der Waals surface area contributed by atoms with E-state index in [0.29, 0.717) is 0 Å². The molecule has 0 aromatic heterocycles. The number of benzene rings is 1. The van der Waals surface area contributed by atoms with E-state index in [0.717, 1.165) is 36.1 Å². The van der Waals surface area contributed by atoms with Crippen molar-refractivity contribution in [3.05, 3.63) is 29.3 Å². The molecule has 1 amide bonds. The molecule has 2 N–H and O–H groups in total. The zero-order valence-corrected chi connectivity index (χ0v) is 15.3. The molecular formula is C17H24N2O5S. The SMILES string of the molecule is CC(C(=O)O)N(C)C(=O)CCNS(=O)(=O)c1ccc2c(c1)CCCC2. The maximum absolute atomic E-state index is 12.4. The molecular weight excluding hydrogens is 344 g/mol. The molecule has 1 aromatic carbocycles. The van der Waals surface area contributed by atoms with E-state index in [-0.39, 0.29) is 17.9 Å². The van der Waals surface area contributed by atoms with Gasteiger partial charge in [0.15, 0.2) is 0 Å². The number of likely N-dealkylation sites (N-methyl/N-ethyl adjacent to an activating group) is 1. The van der Waals surface area contributed by atoms with Crippen LogP contribution in [0.25, 0.3) is 0 Å². The number of carbonyl (C=O) groups excluding carboxylic acids is 1. The number of carboxylic acid groups (broad SMARTS) is 1. The van der Waals surface area contributed by atoms with Crippen LogP contribution in [-0.4, -0.2) is 49.9 Å². The Balaban J connectivity index is 1.96. The summed E-state index contributed by atoms with van der Waals surface area (Å²) in [4.78, 5) is 24.1. The molecule has 138 valence electrons. The average molecular weight is 368 g/mol. The molecule has 0 spiro atoms. The molecule has 0 saturated heterocycles. The van der Waals surface area contributed by atoms with Gasteiger partial charge in [0.05, 0.1) is 4.90 Å². The fraction of sp³-hybridized carbons (Fsp3) is 0.529. The van der Waals surface area contributed by atoms with Crippen molar-refractivity contribution in [2.75, 3.05) is 13.6 Å². The smallest absolute Gasteiger partial charge is 0.326 e. The van der Waals surface area contributed by atoms with Crippen molar-refractivity contribution < 1.29 is 23.1 Å². The second-order valence-corrected chi connectivity index (χ2v) is 8.07. The molecule has 8 heteroatoms. The lowest BCUT2D eigenvalue weighted by Crippen LogP contribution is -2.41. The number of aliphatic carboxylic acids is 1. The molecule has 1 aromatic rings. The van der Waals surface area contributed by atoms with Gasteiger partial charge in [0.25, 0.3) is 0 Å². The number of hydrogen-bond acceptors (Lipinski definition) is 4. The summed E-state index contributed by atoms with van der Waals surface area (Å²) in [5.41, 5.74) is 2.27. The number of nitrogens with one attached hydrogen (secondary N) is 1. The predicted molar refractivity (Wildman–Crippen MR) is 92.8 cm³/mol. The summed E-state index contributed by atoms with van der Waals surface area (Å²) in [7, 11) is -2.30. The Labute approximate surface area is 148 Å². The van der Waals surface area contributed by atoms with E-state index in [2.05, 4.69) is 4.72 Å². The van der Waals surface area contributed by atoms with Crippen LogP contribution < -0.4 is 4.72 Å². The molecule has 0 aliphatic heterocycles. The molecule has 0 radical (unpaired) electrons. The maximum Gasteiger partial charge on any atom is 0.326 e. The third kappa shape index (κ3) is 4.79. The summed E-state index contributed by atoms with van der Waals surface area (Å²) in [6.45, 7) is 1.33. The van der Waals surface area contributed by atoms with Crippen molar-refractivity contribution in [1.82, 2.24) is 9.62 Å². The number of rotatable bonds is 7. The molecule has 25 heavy (non-hydrogen) atoms. The van der Waals surface area contributed by atoms with Gasteiger partial charge in [-0.05, 0) is 55.9 Å². The van der Waals surface area contributed by atoms with Gasteiger partial charge in [0.2, 0.25) is 15.9 Å². The summed E-state index contributed by atoms with van der Waals surface area (Å²) in [5, 5.41) is 8.90. The summed E-state index contributed by atoms with van der Waals surface area (Å²) in [6, 6.07) is 4.20. The van der Waals surface area contributed by atoms with Crippen LogP contribution in [0.2, 0.25) is 0 Å². The molecule has 2 rings (SSSR count). The standard InChI is InChI=1S/C17H24N2O5S/c1-12(17(21)22)19(2)16(20)9-10-18-25(23,24)15-8-7-13-5-3-4-6-14(13)11-15/h7-8,11-12,18H,3-6,9-10H2,1-2H3,(H,21,22). The van der Waals surface area contributed by atoms with Crippen LogP contribution in [-0.2, 0) is 32.5 Å². The van der Waals surface area contributed by atoms with E-state index >= 15 is 0 Å². The number of sulfonamides is 1. The molecule has 0 fully saturated rings. The second-order valence-electron chi connectivity index (χ2n) is 6.30. The zero-order chi connectivity index (χ0) is 18.6. The van der Waals surface area contributed by atoms with Crippen LogP contribution in [0.3, 0.4) is 0 Å². The summed E-state index contributed by atoms with van der Waals surface area (Å²) < 4.78 is 27.2. The lowest BCUT2D eigenvalue weighted by molar-refractivity contribution is -0.148. The number of hydrogen-bond donors (Lipinski definition) is 2. The van der Waals surface area contributed by atoms with Gasteiger partial charge in [-0.3, -0.25) is 4.79 Å². The molecule has 0 heterocycles. The van der Waals surface area contributed by atoms with Crippen molar-refractivity contribution in [2.45, 2.75) is 50.0 Å². The molecule has 0 saturated carbocycles. The van der Waals surface area contributed by atoms with Crippen LogP contribution in [0.15, 0.2) is 23.1 Å². The van der Waals surface area contributed by atoms with Crippen molar-refractivity contribution in [2.24, 2.45) is 0 Å². The number of amides is 1. The van der Waals surface area contributed by atoms with Crippen LogP contribution in [0, 0.1) is 0 Å². The third-order valence-electron chi connectivity index (χ3n) is 4.59. The highest BCUT2D eigenvalue weighted by Gasteiger charge is 2.22. The summed E-state index contributed by atoms with van der Waals surface area (Å²) >= 11 is 0. The number of carboxylic acids is 1. The van der Waals surface area contributed by atoms with E-state index in [4.69, 9.17) is 5.11 Å². The lowest BCUT2D eigenvalue weighted by Gasteiger charge is -2.21. The van der Waals surface area contributed by atoms with Crippen LogP contribution in [0.4, 0.5) is 0 Å². The van der Waals surface area contributed by atoms with E-state index in [9.17, 15) is 18.0 Å². The highest BCUT2D eigenvalue weighted by atomic mass is 32.2. The lowest BCUT2D eigenvalue weighted by atomic mass is 9.92. The quantitative estimate of drug-likeness (QED) is 0.752.